The van der Waals surface area contributed by atoms with E-state index in [9.17, 15) is 0 Å². The smallest absolute Gasteiger partial charge is 0.218 e. The third-order valence-electron chi connectivity index (χ3n) is 2.50. The van der Waals surface area contributed by atoms with E-state index in [1.165, 1.54) is 6.33 Å². The zero-order chi connectivity index (χ0) is 14.4. The van der Waals surface area contributed by atoms with Gasteiger partial charge in [0, 0.05) is 24.4 Å². The summed E-state index contributed by atoms with van der Waals surface area (Å²) in [5, 5.41) is 3.20. The first-order valence-electron chi connectivity index (χ1n) is 6.39. The van der Waals surface area contributed by atoms with E-state index >= 15 is 0 Å². The van der Waals surface area contributed by atoms with Gasteiger partial charge >= 0.3 is 0 Å². The van der Waals surface area contributed by atoms with Crippen LogP contribution in [0.25, 0.3) is 0 Å². The number of pyridine rings is 1. The molecule has 0 atom stereocenters. The molecule has 0 aromatic carbocycles. The van der Waals surface area contributed by atoms with E-state index in [1.54, 1.807) is 19.4 Å². The zero-order valence-corrected chi connectivity index (χ0v) is 11.8. The van der Waals surface area contributed by atoms with Gasteiger partial charge in [0.05, 0.1) is 13.2 Å². The SMILES string of the molecule is COc1ncccc1CNc1cc(OC(C)C)ncn1. The number of aromatic nitrogens is 3. The molecule has 0 fully saturated rings. The lowest BCUT2D eigenvalue weighted by Crippen LogP contribution is -2.08. The third kappa shape index (κ3) is 3.81. The fraction of sp³-hybridized carbons (Fsp3) is 0.357. The number of methoxy groups -OCH3 is 1. The molecule has 6 nitrogen and oxygen atoms in total. The van der Waals surface area contributed by atoms with Gasteiger partial charge in [-0.15, -0.1) is 0 Å². The Hall–Kier alpha value is -2.37. The van der Waals surface area contributed by atoms with Gasteiger partial charge in [0.1, 0.15) is 12.1 Å². The Kier molecular flexibility index (Phi) is 4.70. The molecule has 6 heteroatoms. The number of rotatable bonds is 6. The summed E-state index contributed by atoms with van der Waals surface area (Å²) in [6.07, 6.45) is 3.25. The first kappa shape index (κ1) is 14.0. The minimum atomic E-state index is 0.0798. The number of nitrogens with one attached hydrogen (secondary N) is 1. The fourth-order valence-corrected chi connectivity index (χ4v) is 1.67. The van der Waals surface area contributed by atoms with Crippen molar-refractivity contribution in [2.75, 3.05) is 12.4 Å². The first-order valence-corrected chi connectivity index (χ1v) is 6.39. The minimum Gasteiger partial charge on any atom is -0.481 e. The predicted molar refractivity (Wildman–Crippen MR) is 75.9 cm³/mol. The molecule has 20 heavy (non-hydrogen) atoms. The number of ether oxygens (including phenoxy) is 2. The monoisotopic (exact) mass is 274 g/mol. The lowest BCUT2D eigenvalue weighted by Gasteiger charge is -2.11. The highest BCUT2D eigenvalue weighted by Crippen LogP contribution is 2.17. The van der Waals surface area contributed by atoms with Crippen LogP contribution < -0.4 is 14.8 Å². The number of anilines is 1. The second kappa shape index (κ2) is 6.70. The molecular weight excluding hydrogens is 256 g/mol. The van der Waals surface area contributed by atoms with Crippen LogP contribution in [0.5, 0.6) is 11.8 Å². The Labute approximate surface area is 118 Å². The molecule has 106 valence electrons. The zero-order valence-electron chi connectivity index (χ0n) is 11.8. The lowest BCUT2D eigenvalue weighted by atomic mass is 10.2. The average molecular weight is 274 g/mol. The first-order chi connectivity index (χ1) is 9.69. The van der Waals surface area contributed by atoms with E-state index in [0.717, 1.165) is 5.56 Å². The van der Waals surface area contributed by atoms with Crippen LogP contribution in [0, 0.1) is 0 Å². The normalized spacial score (nSPS) is 10.4. The molecule has 0 aliphatic carbocycles. The van der Waals surface area contributed by atoms with Crippen molar-refractivity contribution in [1.29, 1.82) is 0 Å². The van der Waals surface area contributed by atoms with Gasteiger partial charge in [-0.3, -0.25) is 0 Å². The molecule has 0 amide bonds. The second-order valence-electron chi connectivity index (χ2n) is 4.43. The summed E-state index contributed by atoms with van der Waals surface area (Å²) in [5.41, 5.74) is 0.958. The number of nitrogens with zero attached hydrogens (tertiary/aromatic N) is 3. The Bertz CT molecular complexity index is 560. The largest absolute Gasteiger partial charge is 0.481 e. The summed E-state index contributed by atoms with van der Waals surface area (Å²) in [6, 6.07) is 5.58. The Morgan fingerprint density at radius 2 is 2.10 bits per heavy atom. The number of hydrogen-bond donors (Lipinski definition) is 1. The highest BCUT2D eigenvalue weighted by Gasteiger charge is 2.05. The molecular formula is C14H18N4O2. The summed E-state index contributed by atoms with van der Waals surface area (Å²) in [7, 11) is 1.60. The van der Waals surface area contributed by atoms with Crippen LogP contribution in [0.4, 0.5) is 5.82 Å². The highest BCUT2D eigenvalue weighted by atomic mass is 16.5. The van der Waals surface area contributed by atoms with E-state index in [2.05, 4.69) is 20.3 Å². The minimum absolute atomic E-state index is 0.0798. The molecule has 0 unspecified atom stereocenters. The van der Waals surface area contributed by atoms with Crippen LogP contribution in [0.2, 0.25) is 0 Å². The van der Waals surface area contributed by atoms with Gasteiger partial charge in [0.15, 0.2) is 0 Å². The molecule has 0 aliphatic rings. The standard InChI is InChI=1S/C14H18N4O2/c1-10(2)20-13-7-12(17-9-18-13)16-8-11-5-4-6-15-14(11)19-3/h4-7,9-10H,8H2,1-3H3,(H,16,17,18). The van der Waals surface area contributed by atoms with Crippen molar-refractivity contribution in [3.8, 4) is 11.8 Å². The van der Waals surface area contributed by atoms with Crippen LogP contribution in [0.3, 0.4) is 0 Å². The van der Waals surface area contributed by atoms with Crippen molar-refractivity contribution in [2.24, 2.45) is 0 Å². The van der Waals surface area contributed by atoms with Gasteiger partial charge in [-0.1, -0.05) is 6.07 Å². The Morgan fingerprint density at radius 1 is 1.25 bits per heavy atom. The molecule has 1 N–H and O–H groups in total. The number of hydrogen-bond acceptors (Lipinski definition) is 6. The van der Waals surface area contributed by atoms with Crippen LogP contribution in [-0.2, 0) is 6.54 Å². The van der Waals surface area contributed by atoms with Crippen LogP contribution in [-0.4, -0.2) is 28.2 Å². The van der Waals surface area contributed by atoms with Crippen molar-refractivity contribution in [1.82, 2.24) is 15.0 Å². The third-order valence-corrected chi connectivity index (χ3v) is 2.50. The molecule has 0 radical (unpaired) electrons. The summed E-state index contributed by atoms with van der Waals surface area (Å²) in [5.74, 6) is 1.85. The fourth-order valence-electron chi connectivity index (χ4n) is 1.67. The van der Waals surface area contributed by atoms with Crippen LogP contribution >= 0.6 is 0 Å². The van der Waals surface area contributed by atoms with Crippen molar-refractivity contribution >= 4 is 5.82 Å². The van der Waals surface area contributed by atoms with Crippen molar-refractivity contribution in [3.63, 3.8) is 0 Å². The summed E-state index contributed by atoms with van der Waals surface area (Å²) < 4.78 is 10.7. The van der Waals surface area contributed by atoms with E-state index in [1.807, 2.05) is 26.0 Å². The van der Waals surface area contributed by atoms with Gasteiger partial charge < -0.3 is 14.8 Å². The van der Waals surface area contributed by atoms with E-state index in [0.29, 0.717) is 24.1 Å². The van der Waals surface area contributed by atoms with E-state index in [-0.39, 0.29) is 6.10 Å². The Balaban J connectivity index is 2.03. The molecule has 2 rings (SSSR count). The molecule has 0 saturated carbocycles. The molecule has 2 heterocycles. The van der Waals surface area contributed by atoms with Gasteiger partial charge in [-0.25, -0.2) is 15.0 Å². The maximum absolute atomic E-state index is 5.52. The second-order valence-corrected chi connectivity index (χ2v) is 4.43. The summed E-state index contributed by atoms with van der Waals surface area (Å²) in [6.45, 7) is 4.47. The van der Waals surface area contributed by atoms with Gasteiger partial charge in [0.25, 0.3) is 0 Å². The van der Waals surface area contributed by atoms with E-state index < -0.39 is 0 Å². The van der Waals surface area contributed by atoms with Crippen LogP contribution in [0.15, 0.2) is 30.7 Å². The average Bonchev–Trinajstić information content (AvgIpc) is 2.45. The molecule has 0 aliphatic heterocycles. The summed E-state index contributed by atoms with van der Waals surface area (Å²) in [4.78, 5) is 12.4. The topological polar surface area (TPSA) is 69.2 Å². The molecule has 0 saturated heterocycles. The maximum atomic E-state index is 5.52. The molecule has 2 aromatic heterocycles. The lowest BCUT2D eigenvalue weighted by molar-refractivity contribution is 0.232. The van der Waals surface area contributed by atoms with E-state index in [4.69, 9.17) is 9.47 Å². The molecule has 0 bridgehead atoms. The molecule has 0 spiro atoms. The quantitative estimate of drug-likeness (QED) is 0.871. The van der Waals surface area contributed by atoms with Gasteiger partial charge in [0.2, 0.25) is 11.8 Å². The molecule has 2 aromatic rings. The van der Waals surface area contributed by atoms with Crippen LogP contribution in [0.1, 0.15) is 19.4 Å². The maximum Gasteiger partial charge on any atom is 0.218 e. The highest BCUT2D eigenvalue weighted by molar-refractivity contribution is 5.39. The van der Waals surface area contributed by atoms with Gasteiger partial charge in [-0.05, 0) is 19.9 Å². The summed E-state index contributed by atoms with van der Waals surface area (Å²) >= 11 is 0. The predicted octanol–water partition coefficient (Wildman–Crippen LogP) is 2.28. The van der Waals surface area contributed by atoms with Gasteiger partial charge in [-0.2, -0.15) is 0 Å². The Morgan fingerprint density at radius 3 is 2.85 bits per heavy atom. The van der Waals surface area contributed by atoms with Crippen molar-refractivity contribution < 1.29 is 9.47 Å². The van der Waals surface area contributed by atoms with Crippen molar-refractivity contribution in [2.45, 2.75) is 26.5 Å². The van der Waals surface area contributed by atoms with Crippen molar-refractivity contribution in [3.05, 3.63) is 36.3 Å².